The van der Waals surface area contributed by atoms with E-state index < -0.39 is 5.82 Å². The summed E-state index contributed by atoms with van der Waals surface area (Å²) in [6.07, 6.45) is 1.65. The monoisotopic (exact) mass is 229 g/mol. The van der Waals surface area contributed by atoms with E-state index in [2.05, 4.69) is 10.6 Å². The van der Waals surface area contributed by atoms with E-state index in [4.69, 9.17) is 29.1 Å². The first kappa shape index (κ1) is 10.7. The van der Waals surface area contributed by atoms with Crippen molar-refractivity contribution in [2.24, 2.45) is 0 Å². The molecule has 72 valence electrons. The second-order valence-electron chi connectivity index (χ2n) is 2.32. The Labute approximate surface area is 90.5 Å². The summed E-state index contributed by atoms with van der Waals surface area (Å²) >= 11 is 10.4. The normalized spacial score (nSPS) is 8.93. The SMILES string of the molecule is N#CNC(=S)Nc1ccc(F)cc1Cl. The van der Waals surface area contributed by atoms with Gasteiger partial charge in [-0.1, -0.05) is 11.6 Å². The van der Waals surface area contributed by atoms with Crippen LogP contribution in [-0.4, -0.2) is 5.11 Å². The summed E-state index contributed by atoms with van der Waals surface area (Å²) in [5, 5.41) is 13.4. The maximum Gasteiger partial charge on any atom is 0.184 e. The Hall–Kier alpha value is -1.38. The molecule has 0 aliphatic carbocycles. The van der Waals surface area contributed by atoms with Crippen LogP contribution in [-0.2, 0) is 0 Å². The number of hydrogen-bond donors (Lipinski definition) is 2. The number of nitrogens with zero attached hydrogens (tertiary/aromatic N) is 1. The average molecular weight is 230 g/mol. The van der Waals surface area contributed by atoms with Gasteiger partial charge in [-0.15, -0.1) is 0 Å². The first-order chi connectivity index (χ1) is 6.63. The average Bonchev–Trinajstić information content (AvgIpc) is 2.10. The summed E-state index contributed by atoms with van der Waals surface area (Å²) in [6.45, 7) is 0. The fraction of sp³-hybridized carbons (Fsp3) is 0. The van der Waals surface area contributed by atoms with Crippen LogP contribution in [0.3, 0.4) is 0 Å². The van der Waals surface area contributed by atoms with Crippen LogP contribution in [0.5, 0.6) is 0 Å². The van der Waals surface area contributed by atoms with E-state index in [1.54, 1.807) is 6.19 Å². The Bertz CT molecular complexity index is 402. The predicted octanol–water partition coefficient (Wildman–Crippen LogP) is 2.25. The molecule has 0 radical (unpaired) electrons. The molecule has 0 saturated heterocycles. The highest BCUT2D eigenvalue weighted by atomic mass is 35.5. The van der Waals surface area contributed by atoms with E-state index in [9.17, 15) is 4.39 Å². The lowest BCUT2D eigenvalue weighted by Gasteiger charge is -2.06. The topological polar surface area (TPSA) is 47.9 Å². The minimum absolute atomic E-state index is 0.112. The number of nitriles is 1. The van der Waals surface area contributed by atoms with E-state index >= 15 is 0 Å². The van der Waals surface area contributed by atoms with Gasteiger partial charge >= 0.3 is 0 Å². The van der Waals surface area contributed by atoms with E-state index in [1.807, 2.05) is 0 Å². The van der Waals surface area contributed by atoms with Crippen LogP contribution in [0.25, 0.3) is 0 Å². The minimum Gasteiger partial charge on any atom is -0.331 e. The third-order valence-electron chi connectivity index (χ3n) is 1.35. The highest BCUT2D eigenvalue weighted by Gasteiger charge is 2.02. The number of benzene rings is 1. The van der Waals surface area contributed by atoms with Crippen molar-refractivity contribution in [1.82, 2.24) is 5.32 Å². The van der Waals surface area contributed by atoms with E-state index in [0.717, 1.165) is 6.07 Å². The van der Waals surface area contributed by atoms with E-state index in [1.165, 1.54) is 12.1 Å². The van der Waals surface area contributed by atoms with Gasteiger partial charge in [0, 0.05) is 0 Å². The van der Waals surface area contributed by atoms with Crippen molar-refractivity contribution in [3.05, 3.63) is 29.0 Å². The Morgan fingerprint density at radius 2 is 2.29 bits per heavy atom. The van der Waals surface area contributed by atoms with Crippen LogP contribution in [0, 0.1) is 17.3 Å². The van der Waals surface area contributed by atoms with E-state index in [0.29, 0.717) is 5.69 Å². The zero-order valence-electron chi connectivity index (χ0n) is 6.84. The molecule has 2 N–H and O–H groups in total. The molecule has 6 heteroatoms. The minimum atomic E-state index is -0.431. The second kappa shape index (κ2) is 4.74. The molecule has 0 aliphatic heterocycles. The van der Waals surface area contributed by atoms with Crippen LogP contribution in [0.1, 0.15) is 0 Å². The van der Waals surface area contributed by atoms with Crippen LogP contribution in [0.15, 0.2) is 18.2 Å². The van der Waals surface area contributed by atoms with Crippen molar-refractivity contribution in [1.29, 1.82) is 5.26 Å². The summed E-state index contributed by atoms with van der Waals surface area (Å²) < 4.78 is 12.6. The molecule has 0 spiro atoms. The maximum atomic E-state index is 12.6. The lowest BCUT2D eigenvalue weighted by atomic mass is 10.3. The van der Waals surface area contributed by atoms with Gasteiger partial charge in [0.1, 0.15) is 5.82 Å². The molecule has 0 aliphatic rings. The van der Waals surface area contributed by atoms with Crippen molar-refractivity contribution in [2.45, 2.75) is 0 Å². The lowest BCUT2D eigenvalue weighted by Crippen LogP contribution is -2.23. The maximum absolute atomic E-state index is 12.6. The van der Waals surface area contributed by atoms with Crippen molar-refractivity contribution in [2.75, 3.05) is 5.32 Å². The molecule has 14 heavy (non-hydrogen) atoms. The predicted molar refractivity (Wildman–Crippen MR) is 56.4 cm³/mol. The van der Waals surface area contributed by atoms with Crippen LogP contribution >= 0.6 is 23.8 Å². The molecule has 0 atom stereocenters. The molecule has 0 bridgehead atoms. The first-order valence-corrected chi connectivity index (χ1v) is 4.33. The van der Waals surface area contributed by atoms with Crippen molar-refractivity contribution >= 4 is 34.6 Å². The number of halogens is 2. The Morgan fingerprint density at radius 1 is 1.57 bits per heavy atom. The Balaban J connectivity index is 2.78. The largest absolute Gasteiger partial charge is 0.331 e. The first-order valence-electron chi connectivity index (χ1n) is 3.54. The standard InChI is InChI=1S/C8H5ClFN3S/c9-6-3-5(10)1-2-7(6)13-8(14)12-4-11/h1-3H,(H2,12,13,14). The smallest absolute Gasteiger partial charge is 0.184 e. The van der Waals surface area contributed by atoms with Crippen molar-refractivity contribution < 1.29 is 4.39 Å². The zero-order chi connectivity index (χ0) is 10.6. The molecule has 0 amide bonds. The van der Waals surface area contributed by atoms with Gasteiger partial charge in [0.15, 0.2) is 11.3 Å². The fourth-order valence-electron chi connectivity index (χ4n) is 0.795. The quantitative estimate of drug-likeness (QED) is 0.441. The number of thiocarbonyl (C=S) groups is 1. The van der Waals surface area contributed by atoms with Crippen molar-refractivity contribution in [3.63, 3.8) is 0 Å². The van der Waals surface area contributed by atoms with Crippen molar-refractivity contribution in [3.8, 4) is 6.19 Å². The van der Waals surface area contributed by atoms with Gasteiger partial charge in [-0.2, -0.15) is 5.26 Å². The highest BCUT2D eigenvalue weighted by molar-refractivity contribution is 7.80. The molecule has 1 aromatic rings. The molecular formula is C8H5ClFN3S. The summed E-state index contributed by atoms with van der Waals surface area (Å²) in [7, 11) is 0. The molecule has 1 rings (SSSR count). The van der Waals surface area contributed by atoms with Crippen LogP contribution < -0.4 is 10.6 Å². The molecule has 0 saturated carbocycles. The van der Waals surface area contributed by atoms with Crippen LogP contribution in [0.4, 0.5) is 10.1 Å². The highest BCUT2D eigenvalue weighted by Crippen LogP contribution is 2.21. The third kappa shape index (κ3) is 2.83. The number of hydrogen-bond acceptors (Lipinski definition) is 2. The van der Waals surface area contributed by atoms with Gasteiger partial charge in [-0.25, -0.2) is 4.39 Å². The summed E-state index contributed by atoms with van der Waals surface area (Å²) in [5.74, 6) is -0.431. The number of nitrogens with one attached hydrogen (secondary N) is 2. The van der Waals surface area contributed by atoms with Gasteiger partial charge in [0.25, 0.3) is 0 Å². The summed E-state index contributed by atoms with van der Waals surface area (Å²) in [6, 6.07) is 3.82. The Morgan fingerprint density at radius 3 is 2.86 bits per heavy atom. The van der Waals surface area contributed by atoms with Gasteiger partial charge in [-0.3, -0.25) is 5.32 Å². The fourth-order valence-corrected chi connectivity index (χ4v) is 1.17. The number of rotatable bonds is 1. The van der Waals surface area contributed by atoms with Gasteiger partial charge in [0.05, 0.1) is 10.7 Å². The molecule has 0 fully saturated rings. The molecule has 0 heterocycles. The summed E-state index contributed by atoms with van der Waals surface area (Å²) in [4.78, 5) is 0. The van der Waals surface area contributed by atoms with E-state index in [-0.39, 0.29) is 10.1 Å². The van der Waals surface area contributed by atoms with Crippen LogP contribution in [0.2, 0.25) is 5.02 Å². The Kier molecular flexibility index (Phi) is 3.63. The molecular weight excluding hydrogens is 225 g/mol. The van der Waals surface area contributed by atoms with Gasteiger partial charge in [0.2, 0.25) is 0 Å². The zero-order valence-corrected chi connectivity index (χ0v) is 8.42. The molecule has 1 aromatic carbocycles. The second-order valence-corrected chi connectivity index (χ2v) is 3.13. The number of anilines is 1. The van der Waals surface area contributed by atoms with Gasteiger partial charge in [-0.05, 0) is 30.4 Å². The van der Waals surface area contributed by atoms with Gasteiger partial charge < -0.3 is 5.32 Å². The third-order valence-corrected chi connectivity index (χ3v) is 1.87. The molecule has 0 aromatic heterocycles. The lowest BCUT2D eigenvalue weighted by molar-refractivity contribution is 0.628. The molecule has 0 unspecified atom stereocenters. The molecule has 3 nitrogen and oxygen atoms in total. The summed E-state index contributed by atoms with van der Waals surface area (Å²) in [5.41, 5.74) is 0.445.